The molecular weight excluding hydrogens is 244 g/mol. The maximum Gasteiger partial charge on any atom is 0.269 e. The Balaban J connectivity index is 1.98. The Bertz CT molecular complexity index is 497. The minimum Gasteiger partial charge on any atom is -0.352 e. The predicted octanol–water partition coefficient (Wildman–Crippen LogP) is 0.217. The Labute approximate surface area is 112 Å². The van der Waals surface area contributed by atoms with Crippen molar-refractivity contribution in [2.45, 2.75) is 39.8 Å². The molecule has 1 fully saturated rings. The number of aromatic amines is 1. The van der Waals surface area contributed by atoms with E-state index in [-0.39, 0.29) is 11.5 Å². The van der Waals surface area contributed by atoms with E-state index in [1.165, 1.54) is 19.8 Å². The molecule has 0 aromatic carbocycles. The maximum absolute atomic E-state index is 11.8. The monoisotopic (exact) mass is 266 g/mol. The van der Waals surface area contributed by atoms with E-state index in [0.29, 0.717) is 12.1 Å². The second-order valence-electron chi connectivity index (χ2n) is 5.12. The summed E-state index contributed by atoms with van der Waals surface area (Å²) in [6, 6.07) is 0. The first-order valence-corrected chi connectivity index (χ1v) is 6.83. The van der Waals surface area contributed by atoms with Crippen LogP contribution in [0.5, 0.6) is 0 Å². The van der Waals surface area contributed by atoms with Gasteiger partial charge in [0.15, 0.2) is 0 Å². The third-order valence-electron chi connectivity index (χ3n) is 3.70. The molecule has 1 aliphatic heterocycles. The molecule has 2 N–H and O–H groups in total. The van der Waals surface area contributed by atoms with E-state index in [1.54, 1.807) is 0 Å². The fourth-order valence-electron chi connectivity index (χ4n) is 2.49. The van der Waals surface area contributed by atoms with Crippen LogP contribution in [0.25, 0.3) is 0 Å². The molecule has 0 saturated carbocycles. The van der Waals surface area contributed by atoms with Gasteiger partial charge in [-0.25, -0.2) is 0 Å². The first-order chi connectivity index (χ1) is 9.08. The summed E-state index contributed by atoms with van der Waals surface area (Å²) in [7, 11) is 0. The summed E-state index contributed by atoms with van der Waals surface area (Å²) < 4.78 is 1.89. The smallest absolute Gasteiger partial charge is 0.269 e. The average Bonchev–Trinajstić information content (AvgIpc) is 2.94. The van der Waals surface area contributed by atoms with Crippen LogP contribution >= 0.6 is 0 Å². The first kappa shape index (κ1) is 13.9. The molecule has 6 heteroatoms. The van der Waals surface area contributed by atoms with Gasteiger partial charge in [0, 0.05) is 19.2 Å². The van der Waals surface area contributed by atoms with Gasteiger partial charge < -0.3 is 10.2 Å². The van der Waals surface area contributed by atoms with Gasteiger partial charge in [0.25, 0.3) is 5.56 Å². The van der Waals surface area contributed by atoms with Crippen LogP contribution in [0, 0.1) is 6.92 Å². The number of carbonyl (C=O) groups excluding carboxylic acids is 1. The van der Waals surface area contributed by atoms with Gasteiger partial charge in [-0.15, -0.1) is 0 Å². The molecule has 106 valence electrons. The summed E-state index contributed by atoms with van der Waals surface area (Å²) >= 11 is 0. The molecule has 19 heavy (non-hydrogen) atoms. The third kappa shape index (κ3) is 3.47. The van der Waals surface area contributed by atoms with Crippen molar-refractivity contribution in [3.05, 3.63) is 21.6 Å². The molecule has 0 radical (unpaired) electrons. The van der Waals surface area contributed by atoms with Crippen LogP contribution in [-0.2, 0) is 17.9 Å². The first-order valence-electron chi connectivity index (χ1n) is 6.83. The number of nitrogens with zero attached hydrogens (tertiary/aromatic N) is 2. The van der Waals surface area contributed by atoms with Crippen LogP contribution in [0.4, 0.5) is 0 Å². The number of rotatable bonds is 5. The van der Waals surface area contributed by atoms with E-state index in [2.05, 4.69) is 15.3 Å². The minimum atomic E-state index is -0.122. The second-order valence-corrected chi connectivity index (χ2v) is 5.12. The van der Waals surface area contributed by atoms with Crippen LogP contribution in [-0.4, -0.2) is 40.2 Å². The highest BCUT2D eigenvalue weighted by atomic mass is 16.1. The van der Waals surface area contributed by atoms with Gasteiger partial charge in [-0.2, -0.15) is 0 Å². The van der Waals surface area contributed by atoms with Gasteiger partial charge in [-0.05, 0) is 32.9 Å². The zero-order chi connectivity index (χ0) is 13.8. The van der Waals surface area contributed by atoms with Crippen molar-refractivity contribution in [1.29, 1.82) is 0 Å². The SMILES string of the molecule is CC(=O)NCc1c(C)n(CCN2CCCC2)[nH]c1=O. The normalized spacial score (nSPS) is 15.9. The van der Waals surface area contributed by atoms with E-state index in [9.17, 15) is 9.59 Å². The van der Waals surface area contributed by atoms with E-state index < -0.39 is 0 Å². The zero-order valence-corrected chi connectivity index (χ0v) is 11.7. The predicted molar refractivity (Wildman–Crippen MR) is 73.0 cm³/mol. The number of hydrogen-bond donors (Lipinski definition) is 2. The lowest BCUT2D eigenvalue weighted by Gasteiger charge is -2.15. The van der Waals surface area contributed by atoms with Gasteiger partial charge in [-0.1, -0.05) is 0 Å². The summed E-state index contributed by atoms with van der Waals surface area (Å²) in [5, 5.41) is 5.52. The zero-order valence-electron chi connectivity index (χ0n) is 11.7. The summed E-state index contributed by atoms with van der Waals surface area (Å²) in [6.07, 6.45) is 2.55. The molecule has 2 rings (SSSR count). The van der Waals surface area contributed by atoms with Crippen molar-refractivity contribution >= 4 is 5.91 Å². The number of carbonyl (C=O) groups is 1. The Kier molecular flexibility index (Phi) is 4.42. The van der Waals surface area contributed by atoms with Crippen LogP contribution < -0.4 is 10.9 Å². The third-order valence-corrected chi connectivity index (χ3v) is 3.70. The van der Waals surface area contributed by atoms with Crippen molar-refractivity contribution in [1.82, 2.24) is 20.0 Å². The van der Waals surface area contributed by atoms with Crippen molar-refractivity contribution in [3.8, 4) is 0 Å². The lowest BCUT2D eigenvalue weighted by atomic mass is 10.2. The van der Waals surface area contributed by atoms with Crippen LogP contribution in [0.2, 0.25) is 0 Å². The minimum absolute atomic E-state index is 0.104. The lowest BCUT2D eigenvalue weighted by molar-refractivity contribution is -0.119. The Morgan fingerprint density at radius 3 is 2.63 bits per heavy atom. The number of H-pyrrole nitrogens is 1. The summed E-state index contributed by atoms with van der Waals surface area (Å²) in [4.78, 5) is 25.1. The maximum atomic E-state index is 11.8. The summed E-state index contributed by atoms with van der Waals surface area (Å²) in [6.45, 7) is 7.74. The standard InChI is InChI=1S/C13H22N4O2/c1-10-12(9-14-11(2)18)13(19)15-17(10)8-7-16-5-3-4-6-16/h3-9H2,1-2H3,(H,14,18)(H,15,19). The number of amides is 1. The number of aromatic nitrogens is 2. The van der Waals surface area contributed by atoms with Crippen LogP contribution in [0.3, 0.4) is 0 Å². The Hall–Kier alpha value is -1.56. The van der Waals surface area contributed by atoms with Gasteiger partial charge in [0.2, 0.25) is 5.91 Å². The van der Waals surface area contributed by atoms with E-state index >= 15 is 0 Å². The summed E-state index contributed by atoms with van der Waals surface area (Å²) in [5.74, 6) is -0.122. The topological polar surface area (TPSA) is 70.1 Å². The molecule has 0 unspecified atom stereocenters. The molecule has 1 aromatic rings. The van der Waals surface area contributed by atoms with Crippen molar-refractivity contribution in [2.75, 3.05) is 19.6 Å². The molecule has 0 spiro atoms. The molecule has 0 atom stereocenters. The highest BCUT2D eigenvalue weighted by Crippen LogP contribution is 2.08. The molecule has 2 heterocycles. The molecule has 6 nitrogen and oxygen atoms in total. The van der Waals surface area contributed by atoms with Crippen molar-refractivity contribution < 1.29 is 4.79 Å². The number of likely N-dealkylation sites (tertiary alicyclic amines) is 1. The quantitative estimate of drug-likeness (QED) is 0.801. The largest absolute Gasteiger partial charge is 0.352 e. The lowest BCUT2D eigenvalue weighted by Crippen LogP contribution is -2.25. The average molecular weight is 266 g/mol. The summed E-state index contributed by atoms with van der Waals surface area (Å²) in [5.41, 5.74) is 1.46. The fourth-order valence-corrected chi connectivity index (χ4v) is 2.49. The Morgan fingerprint density at radius 1 is 1.32 bits per heavy atom. The highest BCUT2D eigenvalue weighted by molar-refractivity contribution is 5.72. The number of hydrogen-bond acceptors (Lipinski definition) is 3. The molecule has 0 aliphatic carbocycles. The van der Waals surface area contributed by atoms with E-state index in [0.717, 1.165) is 31.9 Å². The van der Waals surface area contributed by atoms with Crippen LogP contribution in [0.15, 0.2) is 4.79 Å². The Morgan fingerprint density at radius 2 is 2.00 bits per heavy atom. The van der Waals surface area contributed by atoms with Gasteiger partial charge >= 0.3 is 0 Å². The highest BCUT2D eigenvalue weighted by Gasteiger charge is 2.14. The van der Waals surface area contributed by atoms with E-state index in [4.69, 9.17) is 0 Å². The second kappa shape index (κ2) is 6.06. The van der Waals surface area contributed by atoms with Crippen LogP contribution in [0.1, 0.15) is 31.0 Å². The molecule has 1 aliphatic rings. The molecular formula is C13H22N4O2. The van der Waals surface area contributed by atoms with Crippen molar-refractivity contribution in [3.63, 3.8) is 0 Å². The van der Waals surface area contributed by atoms with Gasteiger partial charge in [0.05, 0.1) is 18.7 Å². The van der Waals surface area contributed by atoms with Crippen molar-refractivity contribution in [2.24, 2.45) is 0 Å². The van der Waals surface area contributed by atoms with E-state index in [1.807, 2.05) is 11.6 Å². The molecule has 1 amide bonds. The van der Waals surface area contributed by atoms with Gasteiger partial charge in [0.1, 0.15) is 0 Å². The van der Waals surface area contributed by atoms with Gasteiger partial charge in [-0.3, -0.25) is 19.4 Å². The fraction of sp³-hybridized carbons (Fsp3) is 0.692. The molecule has 0 bridgehead atoms. The molecule has 1 aromatic heterocycles. The number of nitrogens with one attached hydrogen (secondary N) is 2. The molecule has 1 saturated heterocycles.